The minimum Gasteiger partial charge on any atom is -0.497 e. The number of carbonyl (C=O) groups is 1. The Morgan fingerprint density at radius 1 is 0.971 bits per heavy atom. The van der Waals surface area contributed by atoms with Crippen molar-refractivity contribution in [1.82, 2.24) is 9.55 Å². The van der Waals surface area contributed by atoms with Crippen molar-refractivity contribution in [1.29, 1.82) is 0 Å². The summed E-state index contributed by atoms with van der Waals surface area (Å²) < 4.78 is 7.07. The molecular weight excluding hydrogens is 446 g/mol. The van der Waals surface area contributed by atoms with Crippen LogP contribution >= 0.6 is 11.3 Å². The number of hydrogen-bond acceptors (Lipinski definition) is 5. The summed E-state index contributed by atoms with van der Waals surface area (Å²) in [6.45, 7) is -0.124. The molecule has 1 N–H and O–H groups in total. The Balaban J connectivity index is 1.39. The van der Waals surface area contributed by atoms with E-state index >= 15 is 0 Å². The van der Waals surface area contributed by atoms with Crippen LogP contribution in [0.1, 0.15) is 0 Å². The minimum absolute atomic E-state index is 0.124. The van der Waals surface area contributed by atoms with Gasteiger partial charge in [0.15, 0.2) is 0 Å². The van der Waals surface area contributed by atoms with Gasteiger partial charge < -0.3 is 10.1 Å². The third kappa shape index (κ3) is 4.33. The molecule has 0 bridgehead atoms. The lowest BCUT2D eigenvalue weighted by molar-refractivity contribution is -0.116. The summed E-state index contributed by atoms with van der Waals surface area (Å²) in [5, 5.41) is 2.94. The third-order valence-electron chi connectivity index (χ3n) is 5.48. The summed E-state index contributed by atoms with van der Waals surface area (Å²) in [7, 11) is 1.62. The maximum Gasteiger partial charge on any atom is 0.271 e. The number of hydrogen-bond donors (Lipinski definition) is 1. The molecule has 5 rings (SSSR count). The van der Waals surface area contributed by atoms with Crippen LogP contribution < -0.4 is 15.6 Å². The van der Waals surface area contributed by atoms with E-state index in [-0.39, 0.29) is 18.0 Å². The van der Waals surface area contributed by atoms with Gasteiger partial charge >= 0.3 is 0 Å². The Hall–Kier alpha value is -4.23. The molecule has 0 fully saturated rings. The molecule has 0 unspecified atom stereocenters. The number of methoxy groups -OCH3 is 1. The predicted molar refractivity (Wildman–Crippen MR) is 136 cm³/mol. The molecule has 2 heterocycles. The van der Waals surface area contributed by atoms with Crippen LogP contribution in [0.25, 0.3) is 31.8 Å². The van der Waals surface area contributed by atoms with Crippen LogP contribution in [0.3, 0.4) is 0 Å². The summed E-state index contributed by atoms with van der Waals surface area (Å²) in [4.78, 5) is 31.3. The van der Waals surface area contributed by atoms with Gasteiger partial charge in [-0.05, 0) is 47.5 Å². The van der Waals surface area contributed by atoms with E-state index in [0.717, 1.165) is 27.3 Å². The van der Waals surface area contributed by atoms with Gasteiger partial charge in [-0.3, -0.25) is 14.2 Å². The second-order valence-corrected chi connectivity index (χ2v) is 8.74. The van der Waals surface area contributed by atoms with Gasteiger partial charge in [0.2, 0.25) is 5.91 Å². The average molecular weight is 468 g/mol. The predicted octanol–water partition coefficient (Wildman–Crippen LogP) is 5.44. The van der Waals surface area contributed by atoms with Gasteiger partial charge in [-0.1, -0.05) is 48.5 Å². The Labute approximate surface area is 200 Å². The number of benzene rings is 3. The van der Waals surface area contributed by atoms with Crippen molar-refractivity contribution in [3.8, 4) is 27.3 Å². The summed E-state index contributed by atoms with van der Waals surface area (Å²) >= 11 is 1.37. The monoisotopic (exact) mass is 467 g/mol. The van der Waals surface area contributed by atoms with Gasteiger partial charge in [-0.2, -0.15) is 0 Å². The fourth-order valence-electron chi connectivity index (χ4n) is 3.76. The first-order chi connectivity index (χ1) is 16.6. The van der Waals surface area contributed by atoms with E-state index in [2.05, 4.69) is 10.3 Å². The van der Waals surface area contributed by atoms with Crippen molar-refractivity contribution >= 4 is 33.1 Å². The molecule has 7 heteroatoms. The molecule has 0 radical (unpaired) electrons. The lowest BCUT2D eigenvalue weighted by atomic mass is 10.0. The van der Waals surface area contributed by atoms with Crippen LogP contribution in [0, 0.1) is 0 Å². The largest absolute Gasteiger partial charge is 0.497 e. The molecule has 34 heavy (non-hydrogen) atoms. The summed E-state index contributed by atoms with van der Waals surface area (Å²) in [5.41, 5.74) is 3.97. The Morgan fingerprint density at radius 3 is 2.47 bits per heavy atom. The molecule has 0 atom stereocenters. The number of fused-ring (bicyclic) bond motifs is 1. The average Bonchev–Trinajstić information content (AvgIpc) is 3.32. The number of carbonyl (C=O) groups excluding carboxylic acids is 1. The highest BCUT2D eigenvalue weighted by Crippen LogP contribution is 2.32. The van der Waals surface area contributed by atoms with Crippen molar-refractivity contribution < 1.29 is 9.53 Å². The molecule has 168 valence electrons. The zero-order chi connectivity index (χ0) is 23.5. The van der Waals surface area contributed by atoms with E-state index in [4.69, 9.17) is 4.74 Å². The summed E-state index contributed by atoms with van der Waals surface area (Å²) in [6, 6.07) is 27.0. The van der Waals surface area contributed by atoms with Crippen LogP contribution in [0.2, 0.25) is 0 Å². The molecule has 0 aliphatic carbocycles. The number of nitrogens with one attached hydrogen (secondary N) is 1. The number of amides is 1. The molecule has 3 aromatic carbocycles. The molecule has 0 aliphatic rings. The smallest absolute Gasteiger partial charge is 0.271 e. The van der Waals surface area contributed by atoms with Crippen molar-refractivity contribution in [2.45, 2.75) is 6.54 Å². The standard InChI is InChI=1S/C27H21N3O3S/c1-33-20-13-11-19(12-14-20)24-15-23-26(34-24)27(32)30(17-28-23)16-25(31)29-22-10-6-5-9-21(22)18-7-3-2-4-8-18/h2-15,17H,16H2,1H3,(H,29,31). The van der Waals surface area contributed by atoms with Crippen molar-refractivity contribution in [2.75, 3.05) is 12.4 Å². The number of aromatic nitrogens is 2. The topological polar surface area (TPSA) is 73.2 Å². The van der Waals surface area contributed by atoms with Crippen LogP contribution in [0.5, 0.6) is 5.75 Å². The maximum atomic E-state index is 13.1. The van der Waals surface area contributed by atoms with E-state index in [1.807, 2.05) is 84.9 Å². The first kappa shape index (κ1) is 21.6. The molecule has 0 aliphatic heterocycles. The van der Waals surface area contributed by atoms with E-state index in [9.17, 15) is 9.59 Å². The number of anilines is 1. The van der Waals surface area contributed by atoms with Crippen LogP contribution in [0.15, 0.2) is 96.1 Å². The van der Waals surface area contributed by atoms with Crippen molar-refractivity contribution in [3.05, 3.63) is 102 Å². The number of rotatable bonds is 6. The van der Waals surface area contributed by atoms with Crippen LogP contribution in [-0.4, -0.2) is 22.6 Å². The van der Waals surface area contributed by atoms with E-state index in [1.165, 1.54) is 22.2 Å². The van der Waals surface area contributed by atoms with Crippen LogP contribution in [-0.2, 0) is 11.3 Å². The molecular formula is C27H21N3O3S. The number of ether oxygens (including phenoxy) is 1. The van der Waals surface area contributed by atoms with E-state index < -0.39 is 0 Å². The van der Waals surface area contributed by atoms with Gasteiger partial charge in [0.05, 0.1) is 19.0 Å². The van der Waals surface area contributed by atoms with Gasteiger partial charge in [0, 0.05) is 16.1 Å². The maximum absolute atomic E-state index is 13.1. The van der Waals surface area contributed by atoms with Crippen molar-refractivity contribution in [2.24, 2.45) is 0 Å². The minimum atomic E-state index is -0.293. The van der Waals surface area contributed by atoms with Crippen molar-refractivity contribution in [3.63, 3.8) is 0 Å². The second-order valence-electron chi connectivity index (χ2n) is 7.69. The molecule has 0 spiro atoms. The molecule has 6 nitrogen and oxygen atoms in total. The summed E-state index contributed by atoms with van der Waals surface area (Å²) in [5.74, 6) is 0.476. The number of thiophene rings is 1. The number of nitrogens with zero attached hydrogens (tertiary/aromatic N) is 2. The normalized spacial score (nSPS) is 10.9. The quantitative estimate of drug-likeness (QED) is 0.361. The zero-order valence-corrected chi connectivity index (χ0v) is 19.2. The SMILES string of the molecule is COc1ccc(-c2cc3ncn(CC(=O)Nc4ccccc4-c4ccccc4)c(=O)c3s2)cc1. The Morgan fingerprint density at radius 2 is 1.71 bits per heavy atom. The first-order valence-electron chi connectivity index (χ1n) is 10.7. The summed E-state index contributed by atoms with van der Waals surface area (Å²) in [6.07, 6.45) is 1.43. The molecule has 0 saturated heterocycles. The van der Waals surface area contributed by atoms with E-state index in [0.29, 0.717) is 15.9 Å². The third-order valence-corrected chi connectivity index (χ3v) is 6.64. The Bertz CT molecular complexity index is 1520. The van der Waals surface area contributed by atoms with Gasteiger partial charge in [-0.15, -0.1) is 11.3 Å². The second kappa shape index (κ2) is 9.33. The molecule has 2 aromatic heterocycles. The van der Waals surface area contributed by atoms with Crippen LogP contribution in [0.4, 0.5) is 5.69 Å². The highest BCUT2D eigenvalue weighted by molar-refractivity contribution is 7.22. The molecule has 1 amide bonds. The lowest BCUT2D eigenvalue weighted by Gasteiger charge is -2.12. The number of para-hydroxylation sites is 1. The highest BCUT2D eigenvalue weighted by atomic mass is 32.1. The molecule has 5 aromatic rings. The first-order valence-corrected chi connectivity index (χ1v) is 11.5. The van der Waals surface area contributed by atoms with E-state index in [1.54, 1.807) is 7.11 Å². The molecule has 0 saturated carbocycles. The van der Waals surface area contributed by atoms with Gasteiger partial charge in [0.25, 0.3) is 5.56 Å². The lowest BCUT2D eigenvalue weighted by Crippen LogP contribution is -2.27. The fourth-order valence-corrected chi connectivity index (χ4v) is 4.83. The zero-order valence-electron chi connectivity index (χ0n) is 18.4. The van der Waals surface area contributed by atoms with Gasteiger partial charge in [-0.25, -0.2) is 4.98 Å². The fraction of sp³-hybridized carbons (Fsp3) is 0.0741. The van der Waals surface area contributed by atoms with Gasteiger partial charge in [0.1, 0.15) is 17.0 Å². The highest BCUT2D eigenvalue weighted by Gasteiger charge is 2.14. The Kier molecular flexibility index (Phi) is 5.93.